The highest BCUT2D eigenvalue weighted by molar-refractivity contribution is 5.56. The molecule has 0 aromatic heterocycles. The Labute approximate surface area is 122 Å². The lowest BCUT2D eigenvalue weighted by atomic mass is 9.99. The lowest BCUT2D eigenvalue weighted by Crippen LogP contribution is -2.25. The minimum absolute atomic E-state index is 0.777. The standard InChI is InChI=1S/C17H26N2O/c1-19-9-2-3-16-11-15(4-5-17(16)19)12-18-8-6-14-7-10-20-13-14/h4-5,11,14,18H,2-3,6-10,12-13H2,1H3. The van der Waals surface area contributed by atoms with Crippen molar-refractivity contribution in [2.24, 2.45) is 5.92 Å². The van der Waals surface area contributed by atoms with Crippen LogP contribution in [0.4, 0.5) is 5.69 Å². The van der Waals surface area contributed by atoms with Crippen LogP contribution in [0.15, 0.2) is 18.2 Å². The molecule has 0 bridgehead atoms. The average Bonchev–Trinajstić information content (AvgIpc) is 2.97. The molecule has 1 saturated heterocycles. The first-order valence-corrected chi connectivity index (χ1v) is 7.94. The van der Waals surface area contributed by atoms with Gasteiger partial charge in [-0.1, -0.05) is 12.1 Å². The van der Waals surface area contributed by atoms with Gasteiger partial charge in [0.25, 0.3) is 0 Å². The van der Waals surface area contributed by atoms with Crippen LogP contribution in [0.1, 0.15) is 30.4 Å². The fourth-order valence-electron chi connectivity index (χ4n) is 3.30. The molecule has 0 spiro atoms. The first-order chi connectivity index (χ1) is 9.83. The zero-order valence-electron chi connectivity index (χ0n) is 12.5. The van der Waals surface area contributed by atoms with E-state index in [-0.39, 0.29) is 0 Å². The number of nitrogens with one attached hydrogen (secondary N) is 1. The monoisotopic (exact) mass is 274 g/mol. The van der Waals surface area contributed by atoms with Crippen molar-refractivity contribution in [2.75, 3.05) is 38.3 Å². The summed E-state index contributed by atoms with van der Waals surface area (Å²) in [5.41, 5.74) is 4.35. The number of benzene rings is 1. The molecule has 0 aliphatic carbocycles. The predicted octanol–water partition coefficient (Wildman–Crippen LogP) is 2.59. The lowest BCUT2D eigenvalue weighted by Gasteiger charge is -2.27. The highest BCUT2D eigenvalue weighted by Gasteiger charge is 2.15. The third-order valence-corrected chi connectivity index (χ3v) is 4.58. The van der Waals surface area contributed by atoms with Crippen molar-refractivity contribution < 1.29 is 4.74 Å². The van der Waals surface area contributed by atoms with Gasteiger partial charge in [-0.25, -0.2) is 0 Å². The summed E-state index contributed by atoms with van der Waals surface area (Å²) >= 11 is 0. The summed E-state index contributed by atoms with van der Waals surface area (Å²) in [6, 6.07) is 6.94. The maximum atomic E-state index is 5.41. The lowest BCUT2D eigenvalue weighted by molar-refractivity contribution is 0.184. The van der Waals surface area contributed by atoms with Gasteiger partial charge in [-0.2, -0.15) is 0 Å². The Morgan fingerprint density at radius 2 is 2.35 bits per heavy atom. The number of nitrogens with zero attached hydrogens (tertiary/aromatic N) is 1. The second-order valence-corrected chi connectivity index (χ2v) is 6.18. The van der Waals surface area contributed by atoms with Crippen molar-refractivity contribution in [2.45, 2.75) is 32.2 Å². The zero-order chi connectivity index (χ0) is 13.8. The van der Waals surface area contributed by atoms with Gasteiger partial charge in [0, 0.05) is 39.0 Å². The Balaban J connectivity index is 1.48. The number of fused-ring (bicyclic) bond motifs is 1. The van der Waals surface area contributed by atoms with Gasteiger partial charge in [0.2, 0.25) is 0 Å². The SMILES string of the molecule is CN1CCCc2cc(CNCCC3CCOC3)ccc21. The normalized spacial score (nSPS) is 22.1. The van der Waals surface area contributed by atoms with Gasteiger partial charge in [0.15, 0.2) is 0 Å². The first kappa shape index (κ1) is 13.9. The average molecular weight is 274 g/mol. The molecule has 1 aromatic carbocycles. The third kappa shape index (κ3) is 3.33. The number of hydrogen-bond donors (Lipinski definition) is 1. The van der Waals surface area contributed by atoms with Gasteiger partial charge in [0.05, 0.1) is 0 Å². The molecular weight excluding hydrogens is 248 g/mol. The van der Waals surface area contributed by atoms with Crippen LogP contribution in [0.3, 0.4) is 0 Å². The van der Waals surface area contributed by atoms with Crippen LogP contribution >= 0.6 is 0 Å². The molecule has 2 aliphatic rings. The molecule has 3 heteroatoms. The molecule has 1 aromatic rings. The summed E-state index contributed by atoms with van der Waals surface area (Å²) in [6.07, 6.45) is 5.00. The number of rotatable bonds is 5. The Morgan fingerprint density at radius 1 is 1.40 bits per heavy atom. The van der Waals surface area contributed by atoms with E-state index >= 15 is 0 Å². The second-order valence-electron chi connectivity index (χ2n) is 6.18. The van der Waals surface area contributed by atoms with Crippen LogP contribution in [0, 0.1) is 5.92 Å². The van der Waals surface area contributed by atoms with Gasteiger partial charge in [-0.3, -0.25) is 0 Å². The first-order valence-electron chi connectivity index (χ1n) is 7.94. The van der Waals surface area contributed by atoms with E-state index in [2.05, 4.69) is 35.5 Å². The van der Waals surface area contributed by atoms with E-state index in [1.54, 1.807) is 0 Å². The quantitative estimate of drug-likeness (QED) is 0.835. The maximum Gasteiger partial charge on any atom is 0.0495 e. The Kier molecular flexibility index (Phi) is 4.58. The summed E-state index contributed by atoms with van der Waals surface area (Å²) in [7, 11) is 2.19. The van der Waals surface area contributed by atoms with Crippen molar-refractivity contribution in [3.63, 3.8) is 0 Å². The van der Waals surface area contributed by atoms with E-state index in [0.717, 1.165) is 32.2 Å². The van der Waals surface area contributed by atoms with Crippen molar-refractivity contribution >= 4 is 5.69 Å². The molecule has 1 fully saturated rings. The molecule has 0 amide bonds. The van der Waals surface area contributed by atoms with Crippen molar-refractivity contribution in [3.8, 4) is 0 Å². The van der Waals surface area contributed by atoms with E-state index in [1.165, 1.54) is 49.0 Å². The molecule has 110 valence electrons. The molecule has 1 unspecified atom stereocenters. The number of aryl methyl sites for hydroxylation is 1. The predicted molar refractivity (Wildman–Crippen MR) is 83.3 cm³/mol. The molecule has 3 rings (SSSR count). The zero-order valence-corrected chi connectivity index (χ0v) is 12.5. The number of anilines is 1. The molecule has 0 saturated carbocycles. The minimum atomic E-state index is 0.777. The third-order valence-electron chi connectivity index (χ3n) is 4.58. The summed E-state index contributed by atoms with van der Waals surface area (Å²) in [4.78, 5) is 2.37. The van der Waals surface area contributed by atoms with Crippen LogP contribution < -0.4 is 10.2 Å². The van der Waals surface area contributed by atoms with E-state index in [4.69, 9.17) is 4.74 Å². The Bertz CT molecular complexity index is 441. The number of hydrogen-bond acceptors (Lipinski definition) is 3. The van der Waals surface area contributed by atoms with E-state index in [1.807, 2.05) is 0 Å². The summed E-state index contributed by atoms with van der Waals surface area (Å²) in [6.45, 7) is 5.21. The molecule has 2 heterocycles. The fraction of sp³-hybridized carbons (Fsp3) is 0.647. The molecule has 20 heavy (non-hydrogen) atoms. The molecule has 1 N–H and O–H groups in total. The minimum Gasteiger partial charge on any atom is -0.381 e. The molecule has 1 atom stereocenters. The van der Waals surface area contributed by atoms with Gasteiger partial charge in [0.1, 0.15) is 0 Å². The molecule has 2 aliphatic heterocycles. The van der Waals surface area contributed by atoms with E-state index in [9.17, 15) is 0 Å². The smallest absolute Gasteiger partial charge is 0.0495 e. The fourth-order valence-corrected chi connectivity index (χ4v) is 3.30. The topological polar surface area (TPSA) is 24.5 Å². The molecule has 0 radical (unpaired) electrons. The van der Waals surface area contributed by atoms with E-state index < -0.39 is 0 Å². The van der Waals surface area contributed by atoms with Gasteiger partial charge in [-0.15, -0.1) is 0 Å². The summed E-state index contributed by atoms with van der Waals surface area (Å²) in [5, 5.41) is 3.58. The molecule has 3 nitrogen and oxygen atoms in total. The Hall–Kier alpha value is -1.06. The van der Waals surface area contributed by atoms with Crippen molar-refractivity contribution in [1.29, 1.82) is 0 Å². The summed E-state index contributed by atoms with van der Waals surface area (Å²) in [5.74, 6) is 0.777. The van der Waals surface area contributed by atoms with Crippen LogP contribution in [0.5, 0.6) is 0 Å². The highest BCUT2D eigenvalue weighted by atomic mass is 16.5. The largest absolute Gasteiger partial charge is 0.381 e. The van der Waals surface area contributed by atoms with Gasteiger partial charge >= 0.3 is 0 Å². The number of ether oxygens (including phenoxy) is 1. The second kappa shape index (κ2) is 6.59. The Morgan fingerprint density at radius 3 is 3.20 bits per heavy atom. The van der Waals surface area contributed by atoms with Crippen LogP contribution in [-0.2, 0) is 17.7 Å². The van der Waals surface area contributed by atoms with Crippen molar-refractivity contribution in [1.82, 2.24) is 5.32 Å². The van der Waals surface area contributed by atoms with Gasteiger partial charge < -0.3 is 15.0 Å². The highest BCUT2D eigenvalue weighted by Crippen LogP contribution is 2.26. The van der Waals surface area contributed by atoms with Crippen LogP contribution in [0.2, 0.25) is 0 Å². The maximum absolute atomic E-state index is 5.41. The van der Waals surface area contributed by atoms with Crippen molar-refractivity contribution in [3.05, 3.63) is 29.3 Å². The van der Waals surface area contributed by atoms with E-state index in [0.29, 0.717) is 0 Å². The summed E-state index contributed by atoms with van der Waals surface area (Å²) < 4.78 is 5.41. The van der Waals surface area contributed by atoms with Crippen LogP contribution in [-0.4, -0.2) is 33.4 Å². The molecular formula is C17H26N2O. The van der Waals surface area contributed by atoms with Gasteiger partial charge in [-0.05, 0) is 55.3 Å². The van der Waals surface area contributed by atoms with Crippen LogP contribution in [0.25, 0.3) is 0 Å².